The Bertz CT molecular complexity index is 1230. The summed E-state index contributed by atoms with van der Waals surface area (Å²) in [6.45, 7) is 8.67. The van der Waals surface area contributed by atoms with E-state index in [0.29, 0.717) is 6.54 Å². The van der Waals surface area contributed by atoms with Gasteiger partial charge < -0.3 is 9.84 Å². The highest BCUT2D eigenvalue weighted by Crippen LogP contribution is 2.31. The van der Waals surface area contributed by atoms with E-state index in [2.05, 4.69) is 67.3 Å². The van der Waals surface area contributed by atoms with Gasteiger partial charge >= 0.3 is 0 Å². The van der Waals surface area contributed by atoms with Crippen molar-refractivity contribution in [3.05, 3.63) is 87.5 Å². The van der Waals surface area contributed by atoms with E-state index in [1.54, 1.807) is 7.11 Å². The molecule has 34 heavy (non-hydrogen) atoms. The molecule has 0 bridgehead atoms. The molecule has 0 amide bonds. The van der Waals surface area contributed by atoms with Crippen molar-refractivity contribution < 1.29 is 14.6 Å². The van der Waals surface area contributed by atoms with Gasteiger partial charge in [-0.1, -0.05) is 54.6 Å². The number of β-amino-alcohol motifs (C(OH)–C–C–N with tert-alkyl or cyclic N) is 1. The summed E-state index contributed by atoms with van der Waals surface area (Å²) in [5, 5.41) is 9.84. The van der Waals surface area contributed by atoms with Crippen LogP contribution in [0.4, 0.5) is 0 Å². The minimum atomic E-state index is -0.224. The third-order valence-electron chi connectivity index (χ3n) is 6.92. The molecule has 1 aliphatic rings. The Labute approximate surface area is 202 Å². The number of hydrogen-bond donors (Lipinski definition) is 1. The van der Waals surface area contributed by atoms with Crippen molar-refractivity contribution in [2.24, 2.45) is 0 Å². The van der Waals surface area contributed by atoms with E-state index in [1.165, 1.54) is 11.1 Å². The molecule has 3 aromatic carbocycles. The van der Waals surface area contributed by atoms with Gasteiger partial charge in [0.15, 0.2) is 0 Å². The molecule has 0 saturated carbocycles. The summed E-state index contributed by atoms with van der Waals surface area (Å²) in [4.78, 5) is 13.7. The van der Waals surface area contributed by atoms with Crippen molar-refractivity contribution >= 4 is 18.4 Å². The van der Waals surface area contributed by atoms with E-state index >= 15 is 0 Å². The third-order valence-corrected chi connectivity index (χ3v) is 6.92. The zero-order valence-corrected chi connectivity index (χ0v) is 20.5. The molecule has 0 aromatic heterocycles. The lowest BCUT2D eigenvalue weighted by atomic mass is 9.91. The molecule has 4 heteroatoms. The van der Waals surface area contributed by atoms with Crippen LogP contribution in [-0.2, 0) is 6.54 Å². The number of likely N-dealkylation sites (tertiary alicyclic amines) is 1. The van der Waals surface area contributed by atoms with Crippen LogP contribution in [0.2, 0.25) is 0 Å². The Hall–Kier alpha value is -3.21. The summed E-state index contributed by atoms with van der Waals surface area (Å²) in [6.07, 6.45) is 5.82. The van der Waals surface area contributed by atoms with Gasteiger partial charge in [0.05, 0.1) is 13.2 Å². The van der Waals surface area contributed by atoms with Gasteiger partial charge in [-0.05, 0) is 72.2 Å². The normalized spacial score (nSPS) is 16.3. The van der Waals surface area contributed by atoms with Gasteiger partial charge in [0, 0.05) is 30.8 Å². The zero-order valence-electron chi connectivity index (χ0n) is 20.5. The molecule has 1 N–H and O–H groups in total. The summed E-state index contributed by atoms with van der Waals surface area (Å²) < 4.78 is 5.71. The molecule has 176 valence electrons. The monoisotopic (exact) mass is 455 g/mol. The van der Waals surface area contributed by atoms with Gasteiger partial charge in [-0.3, -0.25) is 9.69 Å². The average Bonchev–Trinajstić information content (AvgIpc) is 3.24. The average molecular weight is 456 g/mol. The van der Waals surface area contributed by atoms with Crippen molar-refractivity contribution in [3.8, 4) is 16.9 Å². The zero-order chi connectivity index (χ0) is 24.2. The number of hydrogen-bond acceptors (Lipinski definition) is 4. The van der Waals surface area contributed by atoms with Crippen LogP contribution in [0.5, 0.6) is 5.75 Å². The van der Waals surface area contributed by atoms with Crippen molar-refractivity contribution in [1.29, 1.82) is 0 Å². The maximum absolute atomic E-state index is 11.4. The number of rotatable bonds is 7. The van der Waals surface area contributed by atoms with E-state index in [9.17, 15) is 9.90 Å². The molecule has 1 fully saturated rings. The first kappa shape index (κ1) is 23.9. The van der Waals surface area contributed by atoms with Crippen LogP contribution >= 0.6 is 0 Å². The first-order valence-electron chi connectivity index (χ1n) is 11.8. The Kier molecular flexibility index (Phi) is 7.30. The number of nitrogens with zero attached hydrogens (tertiary/aromatic N) is 1. The molecular weight excluding hydrogens is 422 g/mol. The van der Waals surface area contributed by atoms with Crippen molar-refractivity contribution in [2.45, 2.75) is 39.8 Å². The second-order valence-corrected chi connectivity index (χ2v) is 9.19. The van der Waals surface area contributed by atoms with Crippen LogP contribution in [0.3, 0.4) is 0 Å². The molecule has 0 radical (unpaired) electrons. The lowest BCUT2D eigenvalue weighted by Gasteiger charge is -2.18. The molecule has 1 saturated heterocycles. The second kappa shape index (κ2) is 10.4. The fraction of sp³-hybridized carbons (Fsp3) is 0.300. The van der Waals surface area contributed by atoms with E-state index in [0.717, 1.165) is 70.5 Å². The van der Waals surface area contributed by atoms with Crippen LogP contribution < -0.4 is 4.74 Å². The molecule has 4 nitrogen and oxygen atoms in total. The lowest BCUT2D eigenvalue weighted by Crippen LogP contribution is -2.21. The number of aldehydes is 1. The minimum absolute atomic E-state index is 0.224. The highest BCUT2D eigenvalue weighted by molar-refractivity contribution is 5.85. The molecule has 1 aliphatic heterocycles. The molecule has 0 spiro atoms. The number of ether oxygens (including phenoxy) is 1. The molecule has 1 atom stereocenters. The largest absolute Gasteiger partial charge is 0.496 e. The molecule has 1 heterocycles. The highest BCUT2D eigenvalue weighted by atomic mass is 16.5. The molecule has 4 rings (SSSR count). The number of aliphatic hydroxyl groups excluding tert-OH is 1. The number of carbonyl (C=O) groups is 1. The fourth-order valence-corrected chi connectivity index (χ4v) is 4.83. The predicted octanol–water partition coefficient (Wildman–Crippen LogP) is 5.84. The smallest absolute Gasteiger partial charge is 0.150 e. The van der Waals surface area contributed by atoms with Crippen molar-refractivity contribution in [2.75, 3.05) is 20.2 Å². The maximum Gasteiger partial charge on any atom is 0.150 e. The lowest BCUT2D eigenvalue weighted by molar-refractivity contribution is 0.112. The summed E-state index contributed by atoms with van der Waals surface area (Å²) in [6, 6.07) is 16.5. The minimum Gasteiger partial charge on any atom is -0.496 e. The molecular formula is C30H33NO3. The Morgan fingerprint density at radius 1 is 0.971 bits per heavy atom. The molecule has 0 aliphatic carbocycles. The summed E-state index contributed by atoms with van der Waals surface area (Å²) in [7, 11) is 1.71. The van der Waals surface area contributed by atoms with Crippen LogP contribution in [0.15, 0.2) is 48.5 Å². The van der Waals surface area contributed by atoms with Crippen molar-refractivity contribution in [3.63, 3.8) is 0 Å². The topological polar surface area (TPSA) is 49.8 Å². The van der Waals surface area contributed by atoms with Gasteiger partial charge in [-0.2, -0.15) is 0 Å². The molecule has 0 unspecified atom stereocenters. The van der Waals surface area contributed by atoms with Crippen LogP contribution in [0.25, 0.3) is 23.3 Å². The van der Waals surface area contributed by atoms with E-state index < -0.39 is 0 Å². The Balaban J connectivity index is 1.63. The number of aryl methyl sites for hydroxylation is 1. The van der Waals surface area contributed by atoms with Crippen LogP contribution in [0.1, 0.15) is 50.2 Å². The Morgan fingerprint density at radius 3 is 2.24 bits per heavy atom. The van der Waals surface area contributed by atoms with Crippen LogP contribution in [-0.4, -0.2) is 42.6 Å². The quantitative estimate of drug-likeness (QED) is 0.359. The van der Waals surface area contributed by atoms with Gasteiger partial charge in [0.1, 0.15) is 12.0 Å². The summed E-state index contributed by atoms with van der Waals surface area (Å²) in [5.74, 6) is 0.874. The van der Waals surface area contributed by atoms with Crippen molar-refractivity contribution in [1.82, 2.24) is 4.90 Å². The first-order valence-corrected chi connectivity index (χ1v) is 11.8. The van der Waals surface area contributed by atoms with Gasteiger partial charge in [0.2, 0.25) is 0 Å². The first-order chi connectivity index (χ1) is 16.4. The molecule has 3 aromatic rings. The number of benzene rings is 3. The second-order valence-electron chi connectivity index (χ2n) is 9.19. The number of methoxy groups -OCH3 is 1. The van der Waals surface area contributed by atoms with E-state index in [1.807, 2.05) is 19.1 Å². The summed E-state index contributed by atoms with van der Waals surface area (Å²) in [5.41, 5.74) is 9.73. The number of carbonyl (C=O) groups excluding carboxylic acids is 1. The number of aliphatic hydroxyl groups is 1. The van der Waals surface area contributed by atoms with Crippen LogP contribution in [0, 0.1) is 20.8 Å². The van der Waals surface area contributed by atoms with E-state index in [4.69, 9.17) is 4.74 Å². The standard InChI is InChI=1S/C30H33NO3/c1-20-15-26(17-31-14-13-27(33)18-31)30(34-4)16-24(20)12-11-23-7-5-9-28(21(23)2)29-10-6-8-25(19-32)22(29)3/h5-12,15-16,19,27,33H,13-14,17-18H2,1-4H3/b12-11+/t27-/m1/s1. The van der Waals surface area contributed by atoms with Gasteiger partial charge in [-0.25, -0.2) is 0 Å². The van der Waals surface area contributed by atoms with E-state index in [-0.39, 0.29) is 6.10 Å². The third kappa shape index (κ3) is 4.98. The maximum atomic E-state index is 11.4. The fourth-order valence-electron chi connectivity index (χ4n) is 4.83. The van der Waals surface area contributed by atoms with Gasteiger partial charge in [-0.15, -0.1) is 0 Å². The highest BCUT2D eigenvalue weighted by Gasteiger charge is 2.21. The van der Waals surface area contributed by atoms with Gasteiger partial charge in [0.25, 0.3) is 0 Å². The SMILES string of the molecule is COc1cc(/C=C/c2cccc(-c3cccc(C=O)c3C)c2C)c(C)cc1CN1CC[C@@H](O)C1. The summed E-state index contributed by atoms with van der Waals surface area (Å²) >= 11 is 0. The Morgan fingerprint density at radius 2 is 1.62 bits per heavy atom. The predicted molar refractivity (Wildman–Crippen MR) is 139 cm³/mol.